The Morgan fingerprint density at radius 2 is 2.12 bits per heavy atom. The molecule has 0 aromatic heterocycles. The van der Waals surface area contributed by atoms with E-state index >= 15 is 0 Å². The Labute approximate surface area is 113 Å². The van der Waals surface area contributed by atoms with Crippen molar-refractivity contribution in [2.75, 3.05) is 24.5 Å². The van der Waals surface area contributed by atoms with E-state index in [2.05, 4.69) is 65.1 Å². The topological polar surface area (TPSA) is 15.3 Å². The number of aryl methyl sites for hydroxylation is 1. The molecule has 1 aliphatic heterocycles. The summed E-state index contributed by atoms with van der Waals surface area (Å²) >= 11 is 3.67. The van der Waals surface area contributed by atoms with Crippen LogP contribution in [0.25, 0.3) is 0 Å². The van der Waals surface area contributed by atoms with Crippen LogP contribution in [0.15, 0.2) is 22.7 Å². The SMILES string of the molecule is Cc1ccc(Br)c(N2CCCNC(C)(C)C2)c1. The van der Waals surface area contributed by atoms with Crippen molar-refractivity contribution < 1.29 is 0 Å². The lowest BCUT2D eigenvalue weighted by Gasteiger charge is -2.32. The third-order valence-electron chi connectivity index (χ3n) is 3.24. The van der Waals surface area contributed by atoms with Gasteiger partial charge in [0.15, 0.2) is 0 Å². The third-order valence-corrected chi connectivity index (χ3v) is 3.91. The van der Waals surface area contributed by atoms with Crippen LogP contribution in [0.1, 0.15) is 25.8 Å². The van der Waals surface area contributed by atoms with E-state index in [0.717, 1.165) is 19.6 Å². The van der Waals surface area contributed by atoms with E-state index in [0.29, 0.717) is 0 Å². The van der Waals surface area contributed by atoms with E-state index in [4.69, 9.17) is 0 Å². The van der Waals surface area contributed by atoms with E-state index in [1.54, 1.807) is 0 Å². The maximum Gasteiger partial charge on any atom is 0.0513 e. The molecule has 1 heterocycles. The maximum atomic E-state index is 3.67. The van der Waals surface area contributed by atoms with Crippen LogP contribution in [0.5, 0.6) is 0 Å². The van der Waals surface area contributed by atoms with Crippen LogP contribution in [-0.4, -0.2) is 25.2 Å². The molecule has 3 heteroatoms. The van der Waals surface area contributed by atoms with E-state index in [1.807, 2.05) is 0 Å². The molecule has 1 N–H and O–H groups in total. The Hall–Kier alpha value is -0.540. The zero-order valence-electron chi connectivity index (χ0n) is 10.9. The van der Waals surface area contributed by atoms with Crippen molar-refractivity contribution in [1.82, 2.24) is 5.32 Å². The van der Waals surface area contributed by atoms with Crippen LogP contribution in [-0.2, 0) is 0 Å². The van der Waals surface area contributed by atoms with Gasteiger partial charge in [0.25, 0.3) is 0 Å². The Kier molecular flexibility index (Phi) is 3.79. The lowest BCUT2D eigenvalue weighted by molar-refractivity contribution is 0.416. The van der Waals surface area contributed by atoms with Crippen molar-refractivity contribution in [3.63, 3.8) is 0 Å². The highest BCUT2D eigenvalue weighted by molar-refractivity contribution is 9.10. The molecule has 1 aliphatic rings. The minimum absolute atomic E-state index is 0.180. The largest absolute Gasteiger partial charge is 0.369 e. The van der Waals surface area contributed by atoms with Crippen LogP contribution in [0.2, 0.25) is 0 Å². The van der Waals surface area contributed by atoms with Crippen LogP contribution in [0.3, 0.4) is 0 Å². The van der Waals surface area contributed by atoms with Crippen molar-refractivity contribution in [3.05, 3.63) is 28.2 Å². The summed E-state index contributed by atoms with van der Waals surface area (Å²) in [6.45, 7) is 9.97. The Balaban J connectivity index is 2.28. The molecule has 17 heavy (non-hydrogen) atoms. The number of rotatable bonds is 1. The van der Waals surface area contributed by atoms with E-state index in [1.165, 1.54) is 22.1 Å². The lowest BCUT2D eigenvalue weighted by Crippen LogP contribution is -2.46. The first-order chi connectivity index (χ1) is 7.98. The molecular weight excluding hydrogens is 276 g/mol. The van der Waals surface area contributed by atoms with E-state index in [-0.39, 0.29) is 5.54 Å². The molecule has 2 rings (SSSR count). The smallest absolute Gasteiger partial charge is 0.0513 e. The number of nitrogens with zero attached hydrogens (tertiary/aromatic N) is 1. The van der Waals surface area contributed by atoms with Crippen molar-refractivity contribution in [2.45, 2.75) is 32.7 Å². The van der Waals surface area contributed by atoms with Gasteiger partial charge in [-0.15, -0.1) is 0 Å². The van der Waals surface area contributed by atoms with Crippen LogP contribution in [0, 0.1) is 6.92 Å². The second kappa shape index (κ2) is 4.99. The molecule has 0 bridgehead atoms. The molecule has 0 unspecified atom stereocenters. The van der Waals surface area contributed by atoms with Gasteiger partial charge in [0.2, 0.25) is 0 Å². The van der Waals surface area contributed by atoms with Crippen molar-refractivity contribution in [1.29, 1.82) is 0 Å². The summed E-state index contributed by atoms with van der Waals surface area (Å²) in [5.74, 6) is 0. The first kappa shape index (κ1) is 12.9. The fourth-order valence-corrected chi connectivity index (χ4v) is 2.88. The number of halogens is 1. The second-order valence-electron chi connectivity index (χ2n) is 5.54. The van der Waals surface area contributed by atoms with Crippen molar-refractivity contribution in [3.8, 4) is 0 Å². The van der Waals surface area contributed by atoms with Gasteiger partial charge in [-0.1, -0.05) is 6.07 Å². The van der Waals surface area contributed by atoms with Gasteiger partial charge in [-0.25, -0.2) is 0 Å². The Bertz CT molecular complexity index is 401. The molecule has 1 fully saturated rings. The fraction of sp³-hybridized carbons (Fsp3) is 0.571. The molecule has 0 aliphatic carbocycles. The van der Waals surface area contributed by atoms with Crippen LogP contribution >= 0.6 is 15.9 Å². The monoisotopic (exact) mass is 296 g/mol. The summed E-state index contributed by atoms with van der Waals surface area (Å²) in [5.41, 5.74) is 2.82. The summed E-state index contributed by atoms with van der Waals surface area (Å²) in [6, 6.07) is 6.57. The van der Waals surface area contributed by atoms with Gasteiger partial charge in [-0.3, -0.25) is 0 Å². The minimum Gasteiger partial charge on any atom is -0.369 e. The van der Waals surface area contributed by atoms with Gasteiger partial charge in [0, 0.05) is 23.1 Å². The average Bonchev–Trinajstić information content (AvgIpc) is 2.43. The van der Waals surface area contributed by atoms with Gasteiger partial charge in [0.1, 0.15) is 0 Å². The zero-order chi connectivity index (χ0) is 12.5. The minimum atomic E-state index is 0.180. The molecule has 94 valence electrons. The van der Waals surface area contributed by atoms with Gasteiger partial charge in [-0.2, -0.15) is 0 Å². The molecular formula is C14H21BrN2. The zero-order valence-corrected chi connectivity index (χ0v) is 12.5. The third kappa shape index (κ3) is 3.23. The standard InChI is InChI=1S/C14H21BrN2/c1-11-5-6-12(15)13(9-11)17-8-4-7-16-14(2,3)10-17/h5-6,9,16H,4,7-8,10H2,1-3H3. The molecule has 1 saturated heterocycles. The highest BCUT2D eigenvalue weighted by Gasteiger charge is 2.24. The summed E-state index contributed by atoms with van der Waals surface area (Å²) < 4.78 is 1.20. The molecule has 0 atom stereocenters. The van der Waals surface area contributed by atoms with Gasteiger partial charge < -0.3 is 10.2 Å². The predicted molar refractivity (Wildman–Crippen MR) is 77.8 cm³/mol. The van der Waals surface area contributed by atoms with Gasteiger partial charge in [0.05, 0.1) is 5.69 Å². The number of anilines is 1. The van der Waals surface area contributed by atoms with E-state index in [9.17, 15) is 0 Å². The van der Waals surface area contributed by atoms with Crippen molar-refractivity contribution in [2.24, 2.45) is 0 Å². The predicted octanol–water partition coefficient (Wildman–Crippen LogP) is 3.34. The van der Waals surface area contributed by atoms with Crippen LogP contribution in [0.4, 0.5) is 5.69 Å². The van der Waals surface area contributed by atoms with Gasteiger partial charge >= 0.3 is 0 Å². The summed E-state index contributed by atoms with van der Waals surface area (Å²) in [4.78, 5) is 2.48. The van der Waals surface area contributed by atoms with Gasteiger partial charge in [-0.05, 0) is 67.4 Å². The fourth-order valence-electron chi connectivity index (χ4n) is 2.38. The van der Waals surface area contributed by atoms with E-state index < -0.39 is 0 Å². The number of hydrogen-bond acceptors (Lipinski definition) is 2. The first-order valence-corrected chi connectivity index (χ1v) is 7.03. The number of nitrogens with one attached hydrogen (secondary N) is 1. The second-order valence-corrected chi connectivity index (χ2v) is 6.39. The maximum absolute atomic E-state index is 3.67. The lowest BCUT2D eigenvalue weighted by atomic mass is 10.1. The summed E-state index contributed by atoms with van der Waals surface area (Å²) in [6.07, 6.45) is 1.20. The highest BCUT2D eigenvalue weighted by atomic mass is 79.9. The highest BCUT2D eigenvalue weighted by Crippen LogP contribution is 2.29. The molecule has 0 spiro atoms. The summed E-state index contributed by atoms with van der Waals surface area (Å²) in [5, 5.41) is 3.60. The molecule has 1 aromatic carbocycles. The molecule has 0 saturated carbocycles. The molecule has 0 radical (unpaired) electrons. The molecule has 1 aromatic rings. The average molecular weight is 297 g/mol. The number of benzene rings is 1. The Morgan fingerprint density at radius 1 is 1.35 bits per heavy atom. The summed E-state index contributed by atoms with van der Waals surface area (Å²) in [7, 11) is 0. The number of hydrogen-bond donors (Lipinski definition) is 1. The molecule has 2 nitrogen and oxygen atoms in total. The normalized spacial score (nSPS) is 20.1. The Morgan fingerprint density at radius 3 is 2.88 bits per heavy atom. The molecule has 0 amide bonds. The quantitative estimate of drug-likeness (QED) is 0.855. The first-order valence-electron chi connectivity index (χ1n) is 6.24. The van der Waals surface area contributed by atoms with Crippen molar-refractivity contribution >= 4 is 21.6 Å². The van der Waals surface area contributed by atoms with Crippen LogP contribution < -0.4 is 10.2 Å².